The molecule has 2 aromatic rings. The van der Waals surface area contributed by atoms with Crippen LogP contribution in [0.1, 0.15) is 5.56 Å². The lowest BCUT2D eigenvalue weighted by molar-refractivity contribution is -0.131. The molecular weight excluding hydrogens is 391 g/mol. The molecule has 0 saturated carbocycles. The standard InChI is InChI=1S/C15H10ClIO3/c16-11-9-10(6-8-15(18)19)5-7-13(11)20-14-4-2-1-3-12(14)17/h1-9H,(H,18,19)/b8-6+. The smallest absolute Gasteiger partial charge is 0.328 e. The van der Waals surface area contributed by atoms with E-state index in [0.29, 0.717) is 16.3 Å². The van der Waals surface area contributed by atoms with Crippen molar-refractivity contribution in [3.8, 4) is 11.5 Å². The third-order valence-electron chi connectivity index (χ3n) is 2.43. The summed E-state index contributed by atoms with van der Waals surface area (Å²) in [6.45, 7) is 0. The summed E-state index contributed by atoms with van der Waals surface area (Å²) in [5.74, 6) is 0.257. The van der Waals surface area contributed by atoms with Crippen molar-refractivity contribution in [3.05, 3.63) is 62.7 Å². The molecule has 0 atom stereocenters. The highest BCUT2D eigenvalue weighted by molar-refractivity contribution is 14.1. The Kier molecular flexibility index (Phi) is 5.03. The predicted octanol–water partition coefficient (Wildman–Crippen LogP) is 4.83. The highest BCUT2D eigenvalue weighted by Crippen LogP contribution is 2.32. The van der Waals surface area contributed by atoms with Crippen LogP contribution in [0.2, 0.25) is 5.02 Å². The molecule has 0 saturated heterocycles. The fraction of sp³-hybridized carbons (Fsp3) is 0. The zero-order valence-electron chi connectivity index (χ0n) is 10.2. The number of hydrogen-bond donors (Lipinski definition) is 1. The van der Waals surface area contributed by atoms with Gasteiger partial charge < -0.3 is 9.84 Å². The van der Waals surface area contributed by atoms with E-state index in [0.717, 1.165) is 15.4 Å². The van der Waals surface area contributed by atoms with Gasteiger partial charge in [0.1, 0.15) is 11.5 Å². The number of halogens is 2. The Morgan fingerprint density at radius 2 is 1.95 bits per heavy atom. The molecule has 1 N–H and O–H groups in total. The molecule has 2 aromatic carbocycles. The van der Waals surface area contributed by atoms with Crippen LogP contribution in [0.4, 0.5) is 0 Å². The van der Waals surface area contributed by atoms with E-state index in [9.17, 15) is 4.79 Å². The van der Waals surface area contributed by atoms with Crippen molar-refractivity contribution < 1.29 is 14.6 Å². The molecule has 0 spiro atoms. The molecule has 0 aliphatic carbocycles. The zero-order valence-corrected chi connectivity index (χ0v) is 13.1. The van der Waals surface area contributed by atoms with Gasteiger partial charge in [-0.25, -0.2) is 4.79 Å². The summed E-state index contributed by atoms with van der Waals surface area (Å²) < 4.78 is 6.72. The van der Waals surface area contributed by atoms with Crippen molar-refractivity contribution >= 4 is 46.2 Å². The van der Waals surface area contributed by atoms with Gasteiger partial charge in [-0.15, -0.1) is 0 Å². The first-order chi connectivity index (χ1) is 9.56. The summed E-state index contributed by atoms with van der Waals surface area (Å²) in [5.41, 5.74) is 0.701. The first kappa shape index (κ1) is 14.9. The van der Waals surface area contributed by atoms with E-state index in [-0.39, 0.29) is 0 Å². The highest BCUT2D eigenvalue weighted by Gasteiger charge is 2.06. The number of ether oxygens (including phenoxy) is 1. The lowest BCUT2D eigenvalue weighted by Crippen LogP contribution is -1.89. The van der Waals surface area contributed by atoms with Gasteiger partial charge in [0.05, 0.1) is 8.59 Å². The van der Waals surface area contributed by atoms with Gasteiger partial charge in [0, 0.05) is 6.08 Å². The second kappa shape index (κ2) is 6.76. The average molecular weight is 401 g/mol. The van der Waals surface area contributed by atoms with Crippen LogP contribution < -0.4 is 4.74 Å². The van der Waals surface area contributed by atoms with Crippen LogP contribution in [0, 0.1) is 3.57 Å². The number of carboxylic acid groups (broad SMARTS) is 1. The molecule has 0 amide bonds. The normalized spacial score (nSPS) is 10.7. The summed E-state index contributed by atoms with van der Waals surface area (Å²) in [6, 6.07) is 12.7. The molecule has 20 heavy (non-hydrogen) atoms. The van der Waals surface area contributed by atoms with Gasteiger partial charge in [-0.2, -0.15) is 0 Å². The maximum absolute atomic E-state index is 10.5. The average Bonchev–Trinajstić information content (AvgIpc) is 2.41. The third kappa shape index (κ3) is 3.98. The Bertz CT molecular complexity index is 668. The first-order valence-corrected chi connectivity index (χ1v) is 7.15. The number of carbonyl (C=O) groups is 1. The molecule has 5 heteroatoms. The van der Waals surface area contributed by atoms with Gasteiger partial charge in [0.2, 0.25) is 0 Å². The van der Waals surface area contributed by atoms with E-state index in [1.807, 2.05) is 24.3 Å². The lowest BCUT2D eigenvalue weighted by atomic mass is 10.2. The van der Waals surface area contributed by atoms with Crippen molar-refractivity contribution in [1.82, 2.24) is 0 Å². The minimum absolute atomic E-state index is 0.428. The molecule has 102 valence electrons. The minimum Gasteiger partial charge on any atom is -0.478 e. The van der Waals surface area contributed by atoms with Crippen molar-refractivity contribution in [2.24, 2.45) is 0 Å². The van der Waals surface area contributed by atoms with Gasteiger partial charge in [-0.1, -0.05) is 29.8 Å². The van der Waals surface area contributed by atoms with E-state index >= 15 is 0 Å². The molecule has 0 aliphatic heterocycles. The van der Waals surface area contributed by atoms with Crippen molar-refractivity contribution in [2.75, 3.05) is 0 Å². The van der Waals surface area contributed by atoms with Crippen molar-refractivity contribution in [2.45, 2.75) is 0 Å². The molecular formula is C15H10ClIO3. The summed E-state index contributed by atoms with van der Waals surface area (Å²) in [4.78, 5) is 10.5. The van der Waals surface area contributed by atoms with Crippen LogP contribution in [0.5, 0.6) is 11.5 Å². The first-order valence-electron chi connectivity index (χ1n) is 5.69. The van der Waals surface area contributed by atoms with Crippen LogP contribution >= 0.6 is 34.2 Å². The van der Waals surface area contributed by atoms with Gasteiger partial charge in [0.25, 0.3) is 0 Å². The Morgan fingerprint density at radius 3 is 2.60 bits per heavy atom. The zero-order chi connectivity index (χ0) is 14.5. The number of aliphatic carboxylic acids is 1. The Balaban J connectivity index is 2.22. The van der Waals surface area contributed by atoms with Crippen LogP contribution in [-0.2, 0) is 4.79 Å². The van der Waals surface area contributed by atoms with Gasteiger partial charge in [0.15, 0.2) is 0 Å². The Labute approximate surface area is 135 Å². The lowest BCUT2D eigenvalue weighted by Gasteiger charge is -2.09. The predicted molar refractivity (Wildman–Crippen MR) is 87.4 cm³/mol. The monoisotopic (exact) mass is 400 g/mol. The maximum atomic E-state index is 10.5. The highest BCUT2D eigenvalue weighted by atomic mass is 127. The summed E-state index contributed by atoms with van der Waals surface area (Å²) in [7, 11) is 0. The molecule has 0 bridgehead atoms. The summed E-state index contributed by atoms with van der Waals surface area (Å²) in [5, 5.41) is 9.01. The van der Waals surface area contributed by atoms with Crippen LogP contribution in [0.15, 0.2) is 48.5 Å². The van der Waals surface area contributed by atoms with Crippen LogP contribution in [0.3, 0.4) is 0 Å². The second-order valence-electron chi connectivity index (χ2n) is 3.89. The maximum Gasteiger partial charge on any atom is 0.328 e. The van der Waals surface area contributed by atoms with Gasteiger partial charge >= 0.3 is 5.97 Å². The Morgan fingerprint density at radius 1 is 1.20 bits per heavy atom. The van der Waals surface area contributed by atoms with E-state index < -0.39 is 5.97 Å². The Hall–Kier alpha value is -1.53. The quantitative estimate of drug-likeness (QED) is 0.590. The summed E-state index contributed by atoms with van der Waals surface area (Å²) in [6.07, 6.45) is 2.54. The van der Waals surface area contributed by atoms with Crippen molar-refractivity contribution in [3.63, 3.8) is 0 Å². The molecule has 0 radical (unpaired) electrons. The van der Waals surface area contributed by atoms with E-state index in [1.165, 1.54) is 6.08 Å². The molecule has 0 heterocycles. The molecule has 2 rings (SSSR count). The van der Waals surface area contributed by atoms with E-state index in [4.69, 9.17) is 21.4 Å². The molecule has 0 unspecified atom stereocenters. The third-order valence-corrected chi connectivity index (χ3v) is 3.62. The SMILES string of the molecule is O=C(O)/C=C/c1ccc(Oc2ccccc2I)c(Cl)c1. The molecule has 0 fully saturated rings. The topological polar surface area (TPSA) is 46.5 Å². The fourth-order valence-electron chi connectivity index (χ4n) is 1.52. The second-order valence-corrected chi connectivity index (χ2v) is 5.46. The number of para-hydroxylation sites is 1. The molecule has 3 nitrogen and oxygen atoms in total. The number of carboxylic acids is 1. The van der Waals surface area contributed by atoms with Gasteiger partial charge in [-0.05, 0) is 58.5 Å². The van der Waals surface area contributed by atoms with Crippen LogP contribution in [0.25, 0.3) is 6.08 Å². The van der Waals surface area contributed by atoms with Gasteiger partial charge in [-0.3, -0.25) is 0 Å². The van der Waals surface area contributed by atoms with E-state index in [2.05, 4.69) is 22.6 Å². The fourth-order valence-corrected chi connectivity index (χ4v) is 2.24. The van der Waals surface area contributed by atoms with Crippen molar-refractivity contribution in [1.29, 1.82) is 0 Å². The molecule has 0 aromatic heterocycles. The van der Waals surface area contributed by atoms with Crippen LogP contribution in [-0.4, -0.2) is 11.1 Å². The number of benzene rings is 2. The summed E-state index contributed by atoms with van der Waals surface area (Å²) >= 11 is 8.32. The minimum atomic E-state index is -1.000. The van der Waals surface area contributed by atoms with E-state index in [1.54, 1.807) is 18.2 Å². The largest absolute Gasteiger partial charge is 0.478 e. The number of rotatable bonds is 4. The molecule has 0 aliphatic rings. The number of hydrogen-bond acceptors (Lipinski definition) is 2.